The highest BCUT2D eigenvalue weighted by Gasteiger charge is 2.33. The first kappa shape index (κ1) is 11.9. The van der Waals surface area contributed by atoms with Crippen molar-refractivity contribution in [3.05, 3.63) is 23.8 Å². The van der Waals surface area contributed by atoms with Crippen molar-refractivity contribution < 1.29 is 9.47 Å². The average molecular weight is 222 g/mol. The zero-order chi connectivity index (χ0) is 11.8. The first-order valence-electron chi connectivity index (χ1n) is 6.14. The predicted octanol–water partition coefficient (Wildman–Crippen LogP) is 3.23. The molecule has 1 saturated carbocycles. The maximum atomic E-state index is 6.09. The Hall–Kier alpha value is -0.600. The molecule has 90 valence electrons. The fourth-order valence-electron chi connectivity index (χ4n) is 1.86. The largest absolute Gasteiger partial charge is 0.368 e. The second-order valence-corrected chi connectivity index (χ2v) is 5.75. The van der Waals surface area contributed by atoms with Crippen LogP contribution < -0.4 is 0 Å². The van der Waals surface area contributed by atoms with Crippen molar-refractivity contribution in [3.8, 4) is 0 Å². The topological polar surface area (TPSA) is 18.5 Å². The summed E-state index contributed by atoms with van der Waals surface area (Å²) in [6, 6.07) is 0. The van der Waals surface area contributed by atoms with E-state index < -0.39 is 0 Å². The number of ether oxygens (including phenoxy) is 2. The van der Waals surface area contributed by atoms with E-state index in [9.17, 15) is 0 Å². The molecule has 2 heteroatoms. The summed E-state index contributed by atoms with van der Waals surface area (Å²) in [6.45, 7) is 8.38. The molecule has 0 aromatic heterocycles. The van der Waals surface area contributed by atoms with Crippen molar-refractivity contribution in [1.29, 1.82) is 0 Å². The Morgan fingerprint density at radius 3 is 2.50 bits per heavy atom. The summed E-state index contributed by atoms with van der Waals surface area (Å²) in [5.41, 5.74) is 1.12. The lowest BCUT2D eigenvalue weighted by molar-refractivity contribution is -0.103. The van der Waals surface area contributed by atoms with Gasteiger partial charge >= 0.3 is 0 Å². The molecule has 2 aliphatic rings. The SMILES string of the molecule is CC1=CC=CC(OC2CC2)C1OC(C)(C)C. The normalized spacial score (nSPS) is 30.4. The Kier molecular flexibility index (Phi) is 3.22. The highest BCUT2D eigenvalue weighted by molar-refractivity contribution is 5.24. The summed E-state index contributed by atoms with van der Waals surface area (Å²) in [6.07, 6.45) is 9.34. The minimum absolute atomic E-state index is 0.0746. The van der Waals surface area contributed by atoms with Crippen molar-refractivity contribution in [2.24, 2.45) is 0 Å². The summed E-state index contributed by atoms with van der Waals surface area (Å²) in [4.78, 5) is 0. The van der Waals surface area contributed by atoms with E-state index in [0.29, 0.717) is 6.10 Å². The van der Waals surface area contributed by atoms with E-state index in [4.69, 9.17) is 9.47 Å². The summed E-state index contributed by atoms with van der Waals surface area (Å²) in [7, 11) is 0. The Balaban J connectivity index is 2.03. The molecule has 2 nitrogen and oxygen atoms in total. The molecule has 0 aromatic carbocycles. The summed E-state index contributed by atoms with van der Waals surface area (Å²) >= 11 is 0. The van der Waals surface area contributed by atoms with Gasteiger partial charge in [0.1, 0.15) is 12.2 Å². The van der Waals surface area contributed by atoms with Gasteiger partial charge in [0.15, 0.2) is 0 Å². The third-order valence-electron chi connectivity index (χ3n) is 2.76. The predicted molar refractivity (Wildman–Crippen MR) is 65.4 cm³/mol. The number of allylic oxidation sites excluding steroid dienone is 2. The van der Waals surface area contributed by atoms with Crippen LogP contribution in [-0.4, -0.2) is 23.9 Å². The molecule has 2 unspecified atom stereocenters. The van der Waals surface area contributed by atoms with Gasteiger partial charge in [0.2, 0.25) is 0 Å². The highest BCUT2D eigenvalue weighted by atomic mass is 16.6. The van der Waals surface area contributed by atoms with E-state index in [-0.39, 0.29) is 17.8 Å². The van der Waals surface area contributed by atoms with E-state index in [2.05, 4.69) is 45.9 Å². The van der Waals surface area contributed by atoms with E-state index >= 15 is 0 Å². The summed E-state index contributed by atoms with van der Waals surface area (Å²) in [5, 5.41) is 0. The first-order chi connectivity index (χ1) is 7.46. The maximum absolute atomic E-state index is 6.09. The third kappa shape index (κ3) is 3.19. The van der Waals surface area contributed by atoms with Crippen molar-refractivity contribution in [3.63, 3.8) is 0 Å². The van der Waals surface area contributed by atoms with Crippen LogP contribution in [0.4, 0.5) is 0 Å². The van der Waals surface area contributed by atoms with Gasteiger partial charge in [-0.15, -0.1) is 0 Å². The van der Waals surface area contributed by atoms with E-state index in [1.807, 2.05) is 0 Å². The lowest BCUT2D eigenvalue weighted by Gasteiger charge is -2.34. The molecule has 2 aliphatic carbocycles. The van der Waals surface area contributed by atoms with Crippen molar-refractivity contribution in [2.75, 3.05) is 0 Å². The molecule has 0 N–H and O–H groups in total. The van der Waals surface area contributed by atoms with Gasteiger partial charge in [-0.3, -0.25) is 0 Å². The van der Waals surface area contributed by atoms with Crippen molar-refractivity contribution in [2.45, 2.75) is 64.4 Å². The van der Waals surface area contributed by atoms with Gasteiger partial charge in [-0.25, -0.2) is 0 Å². The molecular weight excluding hydrogens is 200 g/mol. The second kappa shape index (κ2) is 4.34. The van der Waals surface area contributed by atoms with Crippen LogP contribution in [0.2, 0.25) is 0 Å². The van der Waals surface area contributed by atoms with Crippen LogP contribution in [0.3, 0.4) is 0 Å². The molecule has 0 bridgehead atoms. The van der Waals surface area contributed by atoms with Gasteiger partial charge in [0.05, 0.1) is 11.7 Å². The monoisotopic (exact) mass is 222 g/mol. The van der Waals surface area contributed by atoms with Crippen LogP contribution in [0.15, 0.2) is 23.8 Å². The Bertz CT molecular complexity index is 305. The molecule has 0 saturated heterocycles. The summed E-state index contributed by atoms with van der Waals surface area (Å²) in [5.74, 6) is 0. The molecule has 2 atom stereocenters. The van der Waals surface area contributed by atoms with Crippen LogP contribution in [0.25, 0.3) is 0 Å². The molecule has 16 heavy (non-hydrogen) atoms. The van der Waals surface area contributed by atoms with Crippen LogP contribution >= 0.6 is 0 Å². The first-order valence-corrected chi connectivity index (χ1v) is 6.14. The molecule has 0 aliphatic heterocycles. The Labute approximate surface area is 98.3 Å². The fourth-order valence-corrected chi connectivity index (χ4v) is 1.86. The maximum Gasteiger partial charge on any atom is 0.109 e. The highest BCUT2D eigenvalue weighted by Crippen LogP contribution is 2.31. The molecule has 1 fully saturated rings. The van der Waals surface area contributed by atoms with Gasteiger partial charge in [-0.2, -0.15) is 0 Å². The van der Waals surface area contributed by atoms with Gasteiger partial charge in [0.25, 0.3) is 0 Å². The van der Waals surface area contributed by atoms with Crippen LogP contribution in [0.1, 0.15) is 40.5 Å². The van der Waals surface area contributed by atoms with Crippen molar-refractivity contribution in [1.82, 2.24) is 0 Å². The summed E-state index contributed by atoms with van der Waals surface area (Å²) < 4.78 is 12.1. The van der Waals surface area contributed by atoms with E-state index in [1.54, 1.807) is 0 Å². The zero-order valence-corrected chi connectivity index (χ0v) is 10.7. The second-order valence-electron chi connectivity index (χ2n) is 5.75. The van der Waals surface area contributed by atoms with Crippen LogP contribution in [0.5, 0.6) is 0 Å². The zero-order valence-electron chi connectivity index (χ0n) is 10.7. The van der Waals surface area contributed by atoms with Crippen LogP contribution in [-0.2, 0) is 9.47 Å². The smallest absolute Gasteiger partial charge is 0.109 e. The molecule has 0 spiro atoms. The standard InChI is InChI=1S/C14H22O2/c1-10-6-5-7-12(15-11-8-9-11)13(10)16-14(2,3)4/h5-7,11-13H,8-9H2,1-4H3. The van der Waals surface area contributed by atoms with Gasteiger partial charge in [-0.1, -0.05) is 18.2 Å². The number of rotatable bonds is 3. The van der Waals surface area contributed by atoms with Gasteiger partial charge < -0.3 is 9.47 Å². The Morgan fingerprint density at radius 2 is 1.94 bits per heavy atom. The van der Waals surface area contributed by atoms with Crippen molar-refractivity contribution >= 4 is 0 Å². The Morgan fingerprint density at radius 1 is 1.25 bits per heavy atom. The van der Waals surface area contributed by atoms with Crippen LogP contribution in [0, 0.1) is 0 Å². The third-order valence-corrected chi connectivity index (χ3v) is 2.76. The lowest BCUT2D eigenvalue weighted by Crippen LogP contribution is -2.39. The average Bonchev–Trinajstić information content (AvgIpc) is 2.93. The van der Waals surface area contributed by atoms with Gasteiger partial charge in [0, 0.05) is 0 Å². The quantitative estimate of drug-likeness (QED) is 0.730. The van der Waals surface area contributed by atoms with E-state index in [0.717, 1.165) is 0 Å². The molecular formula is C14H22O2. The molecule has 0 radical (unpaired) electrons. The molecule has 0 amide bonds. The minimum atomic E-state index is -0.129. The number of hydrogen-bond donors (Lipinski definition) is 0. The fraction of sp³-hybridized carbons (Fsp3) is 0.714. The lowest BCUT2D eigenvalue weighted by atomic mass is 9.99. The molecule has 0 aromatic rings. The van der Waals surface area contributed by atoms with Gasteiger partial charge in [-0.05, 0) is 46.1 Å². The molecule has 2 rings (SSSR count). The minimum Gasteiger partial charge on any atom is -0.368 e. The number of hydrogen-bond acceptors (Lipinski definition) is 2. The molecule has 0 heterocycles. The van der Waals surface area contributed by atoms with E-state index in [1.165, 1.54) is 18.4 Å².